The summed E-state index contributed by atoms with van der Waals surface area (Å²) in [4.78, 5) is 0. The molecule has 1 rings (SSSR count). The number of alkyl halides is 3. The lowest BCUT2D eigenvalue weighted by atomic mass is 10.3. The Morgan fingerprint density at radius 2 is 1.77 bits per heavy atom. The van der Waals surface area contributed by atoms with Crippen LogP contribution in [0.5, 0.6) is 11.5 Å². The van der Waals surface area contributed by atoms with Crippen molar-refractivity contribution in [2.75, 3.05) is 12.4 Å². The molecule has 11 heteroatoms. The van der Waals surface area contributed by atoms with Crippen LogP contribution < -0.4 is 9.47 Å². The number of halogens is 5. The summed E-state index contributed by atoms with van der Waals surface area (Å²) >= 11 is 3.74. The van der Waals surface area contributed by atoms with Crippen LogP contribution in [0.1, 0.15) is 6.92 Å². The van der Waals surface area contributed by atoms with Gasteiger partial charge in [-0.1, -0.05) is 0 Å². The van der Waals surface area contributed by atoms with Crippen molar-refractivity contribution < 1.29 is 35.6 Å². The van der Waals surface area contributed by atoms with Crippen molar-refractivity contribution in [3.05, 3.63) is 19.3 Å². The molecule has 126 valence electrons. The van der Waals surface area contributed by atoms with Gasteiger partial charge < -0.3 is 9.47 Å². The maximum atomic E-state index is 12.8. The van der Waals surface area contributed by atoms with E-state index in [9.17, 15) is 21.6 Å². The second kappa shape index (κ2) is 7.70. The number of benzene rings is 1. The Bertz CT molecular complexity index is 610. The van der Waals surface area contributed by atoms with Crippen LogP contribution in [0, 0.1) is 7.14 Å². The van der Waals surface area contributed by atoms with Gasteiger partial charge in [0.1, 0.15) is 17.3 Å². The van der Waals surface area contributed by atoms with Crippen molar-refractivity contribution in [1.82, 2.24) is 0 Å². The van der Waals surface area contributed by atoms with E-state index >= 15 is 0 Å². The fourth-order valence-electron chi connectivity index (χ4n) is 1.44. The van der Waals surface area contributed by atoms with Gasteiger partial charge in [0.05, 0.1) is 13.7 Å². The van der Waals surface area contributed by atoms with Crippen LogP contribution >= 0.6 is 45.2 Å². The molecule has 0 aliphatic carbocycles. The van der Waals surface area contributed by atoms with E-state index in [2.05, 4.69) is 0 Å². The smallest absolute Gasteiger partial charge is 0.426 e. The Kier molecular flexibility index (Phi) is 7.01. The Labute approximate surface area is 152 Å². The lowest BCUT2D eigenvalue weighted by Gasteiger charge is -2.21. The van der Waals surface area contributed by atoms with Gasteiger partial charge in [0, 0.05) is 0 Å². The molecule has 0 fully saturated rings. The molecule has 1 atom stereocenters. The molecule has 0 spiro atoms. The SMILES string of the molecule is CCOc1c(I)cc(OC(CS(=O)(=O)O)C(F)(F)F)cc1I. The molecule has 0 saturated carbocycles. The first-order chi connectivity index (χ1) is 9.94. The highest BCUT2D eigenvalue weighted by molar-refractivity contribution is 14.1. The van der Waals surface area contributed by atoms with Crippen LogP contribution in [0.25, 0.3) is 0 Å². The average molecular weight is 566 g/mol. The molecule has 1 aromatic rings. The summed E-state index contributed by atoms with van der Waals surface area (Å²) in [6.45, 7) is 2.16. The standard InChI is InChI=1S/C11H11F3I2O5S/c1-2-20-10-7(15)3-6(4-8(10)16)21-9(11(12,13)14)5-22(17,18)19/h3-4,9H,2,5H2,1H3,(H,17,18,19). The van der Waals surface area contributed by atoms with E-state index in [-0.39, 0.29) is 5.75 Å². The molecule has 0 aromatic heterocycles. The van der Waals surface area contributed by atoms with Crippen molar-refractivity contribution in [2.45, 2.75) is 19.2 Å². The van der Waals surface area contributed by atoms with Gasteiger partial charge in [0.25, 0.3) is 10.1 Å². The molecule has 22 heavy (non-hydrogen) atoms. The van der Waals surface area contributed by atoms with Crippen molar-refractivity contribution in [2.24, 2.45) is 0 Å². The van der Waals surface area contributed by atoms with E-state index in [0.29, 0.717) is 19.5 Å². The molecule has 1 aromatic carbocycles. The third-order valence-electron chi connectivity index (χ3n) is 2.27. The summed E-state index contributed by atoms with van der Waals surface area (Å²) in [5, 5.41) is 0. The minimum Gasteiger partial charge on any atom is -0.492 e. The van der Waals surface area contributed by atoms with E-state index in [1.165, 1.54) is 12.1 Å². The maximum Gasteiger partial charge on any atom is 0.426 e. The van der Waals surface area contributed by atoms with Crippen LogP contribution in [0.2, 0.25) is 0 Å². The first-order valence-electron chi connectivity index (χ1n) is 5.74. The Morgan fingerprint density at radius 1 is 1.27 bits per heavy atom. The third kappa shape index (κ3) is 6.23. The fourth-order valence-corrected chi connectivity index (χ4v) is 4.10. The van der Waals surface area contributed by atoms with Crippen molar-refractivity contribution in [3.63, 3.8) is 0 Å². The second-order valence-corrected chi connectivity index (χ2v) is 7.87. The Morgan fingerprint density at radius 3 is 2.14 bits per heavy atom. The van der Waals surface area contributed by atoms with E-state index in [0.717, 1.165) is 0 Å². The predicted molar refractivity (Wildman–Crippen MR) is 89.9 cm³/mol. The molecule has 0 radical (unpaired) electrons. The summed E-state index contributed by atoms with van der Waals surface area (Å²) in [5.74, 6) is -1.23. The van der Waals surface area contributed by atoms with Crippen LogP contribution in [0.4, 0.5) is 13.2 Å². The monoisotopic (exact) mass is 566 g/mol. The molecule has 0 amide bonds. The van der Waals surface area contributed by atoms with Crippen molar-refractivity contribution >= 4 is 55.3 Å². The summed E-state index contributed by atoms with van der Waals surface area (Å²) in [6.07, 6.45) is -7.60. The first kappa shape index (κ1) is 20.0. The van der Waals surface area contributed by atoms with Gasteiger partial charge in [0.2, 0.25) is 6.10 Å². The molecule has 0 aliphatic rings. The highest BCUT2D eigenvalue weighted by Crippen LogP contribution is 2.34. The zero-order chi connectivity index (χ0) is 17.1. The zero-order valence-electron chi connectivity index (χ0n) is 11.0. The minimum atomic E-state index is -4.94. The molecule has 5 nitrogen and oxygen atoms in total. The van der Waals surface area contributed by atoms with Gasteiger partial charge in [-0.25, -0.2) is 0 Å². The van der Waals surface area contributed by atoms with E-state index in [4.69, 9.17) is 14.0 Å². The number of hydrogen-bond acceptors (Lipinski definition) is 4. The lowest BCUT2D eigenvalue weighted by molar-refractivity contribution is -0.188. The van der Waals surface area contributed by atoms with Gasteiger partial charge in [-0.3, -0.25) is 4.55 Å². The van der Waals surface area contributed by atoms with Gasteiger partial charge in [-0.05, 0) is 64.2 Å². The van der Waals surface area contributed by atoms with Crippen LogP contribution in [0.3, 0.4) is 0 Å². The summed E-state index contributed by atoms with van der Waals surface area (Å²) < 4.78 is 79.6. The summed E-state index contributed by atoms with van der Waals surface area (Å²) in [6, 6.07) is 2.60. The third-order valence-corrected chi connectivity index (χ3v) is 4.59. The van der Waals surface area contributed by atoms with Crippen molar-refractivity contribution in [3.8, 4) is 11.5 Å². The average Bonchev–Trinajstić information content (AvgIpc) is 2.30. The predicted octanol–water partition coefficient (Wildman–Crippen LogP) is 3.49. The maximum absolute atomic E-state index is 12.8. The Balaban J connectivity index is 3.09. The molecule has 0 heterocycles. The van der Waals surface area contributed by atoms with E-state index in [1.807, 2.05) is 45.2 Å². The molecular weight excluding hydrogens is 555 g/mol. The molecular formula is C11H11F3I2O5S. The van der Waals surface area contributed by atoms with Gasteiger partial charge >= 0.3 is 6.18 Å². The topological polar surface area (TPSA) is 72.8 Å². The van der Waals surface area contributed by atoms with Crippen LogP contribution in [-0.2, 0) is 10.1 Å². The highest BCUT2D eigenvalue weighted by Gasteiger charge is 2.44. The Hall–Kier alpha value is -0.0200. The summed E-state index contributed by atoms with van der Waals surface area (Å²) in [5.41, 5.74) is 0. The number of hydrogen-bond donors (Lipinski definition) is 1. The van der Waals surface area contributed by atoms with Crippen molar-refractivity contribution in [1.29, 1.82) is 0 Å². The number of rotatable bonds is 6. The molecule has 1 N–H and O–H groups in total. The second-order valence-electron chi connectivity index (χ2n) is 4.05. The van der Waals surface area contributed by atoms with E-state index < -0.39 is 28.2 Å². The van der Waals surface area contributed by atoms with Gasteiger partial charge in [-0.15, -0.1) is 0 Å². The van der Waals surface area contributed by atoms with Crippen LogP contribution in [-0.4, -0.2) is 37.6 Å². The van der Waals surface area contributed by atoms with Gasteiger partial charge in [-0.2, -0.15) is 21.6 Å². The normalized spacial score (nSPS) is 13.8. The summed E-state index contributed by atoms with van der Waals surface area (Å²) in [7, 11) is -4.84. The van der Waals surface area contributed by atoms with Crippen LogP contribution in [0.15, 0.2) is 12.1 Å². The lowest BCUT2D eigenvalue weighted by Crippen LogP contribution is -2.40. The molecule has 0 saturated heterocycles. The number of ether oxygens (including phenoxy) is 2. The molecule has 0 bridgehead atoms. The molecule has 1 unspecified atom stereocenters. The zero-order valence-corrected chi connectivity index (χ0v) is 16.2. The van der Waals surface area contributed by atoms with E-state index in [1.54, 1.807) is 6.92 Å². The minimum absolute atomic E-state index is 0.164. The highest BCUT2D eigenvalue weighted by atomic mass is 127. The quantitative estimate of drug-likeness (QED) is 0.422. The largest absolute Gasteiger partial charge is 0.492 e. The first-order valence-corrected chi connectivity index (χ1v) is 9.51. The van der Waals surface area contributed by atoms with Gasteiger partial charge in [0.15, 0.2) is 0 Å². The fraction of sp³-hybridized carbons (Fsp3) is 0.455. The molecule has 0 aliphatic heterocycles.